The first-order valence-electron chi connectivity index (χ1n) is 13.6. The number of rotatable bonds is 4. The number of pyridine rings is 1. The fourth-order valence-corrected chi connectivity index (χ4v) is 4.45. The molecule has 1 aliphatic heterocycles. The number of likely N-dealkylation sites (N-methyl/N-ethyl adjacent to an activating group) is 1. The van der Waals surface area contributed by atoms with E-state index in [1.807, 2.05) is 43.3 Å². The fourth-order valence-electron chi connectivity index (χ4n) is 4.45. The zero-order valence-electron chi connectivity index (χ0n) is 24.6. The van der Waals surface area contributed by atoms with Crippen LogP contribution in [0.25, 0.3) is 5.65 Å². The molecule has 1 saturated heterocycles. The molecule has 1 atom stereocenters. The Balaban J connectivity index is 0.000000818. The van der Waals surface area contributed by atoms with Crippen LogP contribution in [-0.4, -0.2) is 84.4 Å². The number of hydrogen-bond acceptors (Lipinski definition) is 6. The second-order valence-electron chi connectivity index (χ2n) is 10.6. The van der Waals surface area contributed by atoms with Gasteiger partial charge in [0.15, 0.2) is 5.65 Å². The molecule has 2 N–H and O–H groups in total. The summed E-state index contributed by atoms with van der Waals surface area (Å²) in [5, 5.41) is 10.8. The smallest absolute Gasteiger partial charge is 0.322 e. The summed E-state index contributed by atoms with van der Waals surface area (Å²) < 4.78 is 61.1. The molecule has 0 bridgehead atoms. The number of nitrogens with one attached hydrogen (secondary N) is 1. The summed E-state index contributed by atoms with van der Waals surface area (Å²) in [7, 11) is -0.668. The van der Waals surface area contributed by atoms with Gasteiger partial charge in [-0.2, -0.15) is 13.2 Å². The van der Waals surface area contributed by atoms with E-state index >= 15 is 0 Å². The predicted octanol–water partition coefficient (Wildman–Crippen LogP) is 4.26. The third kappa shape index (κ3) is 9.14. The zero-order chi connectivity index (χ0) is 32.1. The van der Waals surface area contributed by atoms with Crippen LogP contribution in [0, 0.1) is 18.8 Å². The molecule has 1 amide bonds. The van der Waals surface area contributed by atoms with Crippen LogP contribution in [0.15, 0.2) is 60.8 Å². The largest absolute Gasteiger partial charge is 0.416 e. The van der Waals surface area contributed by atoms with E-state index < -0.39 is 27.4 Å². The maximum Gasteiger partial charge on any atom is 0.416 e. The Bertz CT molecular complexity index is 1810. The Morgan fingerprint density at radius 1 is 1.07 bits per heavy atom. The third-order valence-corrected chi connectivity index (χ3v) is 6.79. The van der Waals surface area contributed by atoms with Gasteiger partial charge in [-0.3, -0.25) is 14.1 Å². The minimum atomic E-state index is -4.54. The number of halogens is 3. The summed E-state index contributed by atoms with van der Waals surface area (Å²) >= 11 is 0. The lowest BCUT2D eigenvalue weighted by molar-refractivity contribution is -0.138. The van der Waals surface area contributed by atoms with Gasteiger partial charge in [-0.15, -0.1) is 10.2 Å². The van der Waals surface area contributed by atoms with Crippen molar-refractivity contribution in [2.24, 2.45) is 0 Å². The number of aryl methyl sites for hydroxylation is 1. The van der Waals surface area contributed by atoms with Crippen molar-refractivity contribution < 1.29 is 26.7 Å². The van der Waals surface area contributed by atoms with Crippen LogP contribution in [0.2, 0.25) is 0 Å². The first kappa shape index (κ1) is 32.7. The first-order chi connectivity index (χ1) is 20.7. The number of piperazine rings is 1. The first-order valence-corrected chi connectivity index (χ1v) is 15.7. The van der Waals surface area contributed by atoms with Crippen LogP contribution in [0.3, 0.4) is 0 Å². The van der Waals surface area contributed by atoms with E-state index in [1.54, 1.807) is 22.6 Å². The van der Waals surface area contributed by atoms with Gasteiger partial charge >= 0.3 is 6.18 Å². The number of hydrogen-bond donors (Lipinski definition) is 2. The Kier molecular flexibility index (Phi) is 10.1. The summed E-state index contributed by atoms with van der Waals surface area (Å²) in [5.41, 5.74) is 1.94. The highest BCUT2D eigenvalue weighted by molar-refractivity contribution is 7.94. The van der Waals surface area contributed by atoms with E-state index in [0.717, 1.165) is 31.0 Å². The number of alkyl halides is 3. The van der Waals surface area contributed by atoms with Gasteiger partial charge in [0, 0.05) is 62.0 Å². The molecule has 1 fully saturated rings. The van der Waals surface area contributed by atoms with Crippen molar-refractivity contribution in [1.82, 2.24) is 24.4 Å². The summed E-state index contributed by atoms with van der Waals surface area (Å²) in [6.45, 7) is 5.11. The second kappa shape index (κ2) is 13.6. The normalized spacial score (nSPS) is 15.4. The van der Waals surface area contributed by atoms with Crippen molar-refractivity contribution in [3.63, 3.8) is 0 Å². The quantitative estimate of drug-likeness (QED) is 0.258. The number of carbonyl (C=O) groups is 1. The lowest BCUT2D eigenvalue weighted by Gasteiger charge is -2.33. The van der Waals surface area contributed by atoms with Crippen molar-refractivity contribution in [3.05, 3.63) is 94.4 Å². The molecule has 13 heteroatoms. The number of fused-ring (bicyclic) bond motifs is 1. The highest BCUT2D eigenvalue weighted by Gasteiger charge is 2.34. The van der Waals surface area contributed by atoms with Crippen molar-refractivity contribution in [1.29, 1.82) is 0 Å². The lowest BCUT2D eigenvalue weighted by atomic mass is 10.0. The molecule has 44 heavy (non-hydrogen) atoms. The summed E-state index contributed by atoms with van der Waals surface area (Å²) in [6, 6.07) is 14.5. The summed E-state index contributed by atoms with van der Waals surface area (Å²) in [5.74, 6) is 8.80. The van der Waals surface area contributed by atoms with Gasteiger partial charge in [0.1, 0.15) is 0 Å². The molecular weight excluding hydrogens is 593 g/mol. The van der Waals surface area contributed by atoms with E-state index in [-0.39, 0.29) is 23.4 Å². The van der Waals surface area contributed by atoms with Crippen molar-refractivity contribution >= 4 is 32.9 Å². The molecule has 3 heterocycles. The van der Waals surface area contributed by atoms with Gasteiger partial charge < -0.3 is 14.8 Å². The number of benzene rings is 2. The van der Waals surface area contributed by atoms with Gasteiger partial charge in [-0.25, -0.2) is 4.21 Å². The molecule has 0 saturated carbocycles. The Morgan fingerprint density at radius 3 is 2.45 bits per heavy atom. The molecule has 5 rings (SSSR count). The molecule has 4 aromatic rings. The Morgan fingerprint density at radius 2 is 1.77 bits per heavy atom. The molecular formula is C31H33F3N6O3S. The molecule has 0 radical (unpaired) electrons. The van der Waals surface area contributed by atoms with E-state index in [2.05, 4.69) is 38.1 Å². The van der Waals surface area contributed by atoms with E-state index in [1.165, 1.54) is 12.1 Å². The Labute approximate surface area is 254 Å². The monoisotopic (exact) mass is 626 g/mol. The second-order valence-corrected chi connectivity index (χ2v) is 12.5. The average Bonchev–Trinajstić information content (AvgIpc) is 3.36. The SMILES string of the molecule is C=S(C)(=O)O.Cc1ccc(C(=O)Nc2ccc(CN3CCN(C)CC3)c(C(F)(F)F)c2)cc1C#Cc1nnc2ccccn12. The van der Waals surface area contributed by atoms with Crippen molar-refractivity contribution in [2.45, 2.75) is 19.6 Å². The minimum absolute atomic E-state index is 0.0811. The molecule has 1 unspecified atom stereocenters. The van der Waals surface area contributed by atoms with E-state index in [9.17, 15) is 22.2 Å². The van der Waals surface area contributed by atoms with Crippen LogP contribution in [0.4, 0.5) is 18.9 Å². The average molecular weight is 627 g/mol. The fraction of sp³-hybridized carbons (Fsp3) is 0.290. The zero-order valence-corrected chi connectivity index (χ0v) is 25.4. The predicted molar refractivity (Wildman–Crippen MR) is 166 cm³/mol. The van der Waals surface area contributed by atoms with Gasteiger partial charge in [0.05, 0.1) is 15.4 Å². The van der Waals surface area contributed by atoms with E-state index in [4.69, 9.17) is 4.55 Å². The molecule has 9 nitrogen and oxygen atoms in total. The number of amides is 1. The van der Waals surface area contributed by atoms with Gasteiger partial charge in [0.25, 0.3) is 5.91 Å². The van der Waals surface area contributed by atoms with Gasteiger partial charge in [-0.1, -0.05) is 24.1 Å². The van der Waals surface area contributed by atoms with Crippen LogP contribution < -0.4 is 5.32 Å². The molecule has 0 aliphatic carbocycles. The van der Waals surface area contributed by atoms with Crippen LogP contribution in [0.1, 0.15) is 38.4 Å². The molecule has 232 valence electrons. The maximum atomic E-state index is 13.9. The topological polar surface area (TPSA) is 103 Å². The van der Waals surface area contributed by atoms with Crippen molar-refractivity contribution in [3.8, 4) is 11.8 Å². The number of nitrogens with zero attached hydrogens (tertiary/aromatic N) is 5. The summed E-state index contributed by atoms with van der Waals surface area (Å²) in [6.07, 6.45) is -1.57. The van der Waals surface area contributed by atoms with Crippen molar-refractivity contribution in [2.75, 3.05) is 44.8 Å². The molecule has 1 aliphatic rings. The number of carbonyl (C=O) groups excluding carboxylic acids is 1. The van der Waals surface area contributed by atoms with Crippen LogP contribution in [-0.2, 0) is 22.5 Å². The maximum absolute atomic E-state index is 13.9. The minimum Gasteiger partial charge on any atom is -0.322 e. The highest BCUT2D eigenvalue weighted by Crippen LogP contribution is 2.34. The number of aromatic nitrogens is 3. The standard InChI is InChI=1S/C29H27F3N6O.C2H6O2S/c1-20-6-7-22(17-21(20)9-11-27-35-34-26-5-3-4-12-38(26)27)28(39)33-24-10-8-23(25(18-24)29(30,31)32)19-37-15-13-36(2)14-16-37;1-5(2,3)4/h3-8,10,12,17-18H,13-16,19H2,1-2H3,(H,33,39);1H2,2H3,(H,3,4). The summed E-state index contributed by atoms with van der Waals surface area (Å²) in [4.78, 5) is 17.2. The lowest BCUT2D eigenvalue weighted by Crippen LogP contribution is -2.44. The Hall–Kier alpha value is -4.22. The molecule has 0 spiro atoms. The highest BCUT2D eigenvalue weighted by atomic mass is 32.2. The number of anilines is 1. The van der Waals surface area contributed by atoms with Crippen LogP contribution in [0.5, 0.6) is 0 Å². The molecule has 2 aromatic carbocycles. The third-order valence-electron chi connectivity index (χ3n) is 6.79. The molecule has 2 aromatic heterocycles. The van der Waals surface area contributed by atoms with Gasteiger partial charge in [-0.05, 0) is 73.3 Å². The van der Waals surface area contributed by atoms with E-state index in [0.29, 0.717) is 30.1 Å². The van der Waals surface area contributed by atoms with Crippen LogP contribution >= 0.6 is 0 Å². The van der Waals surface area contributed by atoms with Gasteiger partial charge in [0.2, 0.25) is 5.82 Å².